The van der Waals surface area contributed by atoms with Gasteiger partial charge in [-0.1, -0.05) is 12.1 Å². The molecule has 0 spiro atoms. The summed E-state index contributed by atoms with van der Waals surface area (Å²) >= 11 is 0. The molecule has 0 bridgehead atoms. The van der Waals surface area contributed by atoms with E-state index in [1.165, 1.54) is 12.1 Å². The second-order valence-corrected chi connectivity index (χ2v) is 4.10. The van der Waals surface area contributed by atoms with Crippen molar-refractivity contribution >= 4 is 0 Å². The van der Waals surface area contributed by atoms with Crippen molar-refractivity contribution in [3.63, 3.8) is 0 Å². The van der Waals surface area contributed by atoms with Gasteiger partial charge in [0, 0.05) is 11.5 Å². The predicted molar refractivity (Wildman–Crippen MR) is 54.0 cm³/mol. The molecule has 0 aromatic heterocycles. The van der Waals surface area contributed by atoms with Gasteiger partial charge in [0.05, 0.1) is 0 Å². The van der Waals surface area contributed by atoms with Crippen molar-refractivity contribution in [2.45, 2.75) is 18.9 Å². The molecule has 0 radical (unpaired) electrons. The van der Waals surface area contributed by atoms with E-state index in [-0.39, 0.29) is 17.3 Å². The van der Waals surface area contributed by atoms with Gasteiger partial charge in [-0.3, -0.25) is 0 Å². The number of hydrogen-bond acceptors (Lipinski definition) is 2. The van der Waals surface area contributed by atoms with Gasteiger partial charge in [0.25, 0.3) is 0 Å². The van der Waals surface area contributed by atoms with E-state index in [0.29, 0.717) is 6.54 Å². The van der Waals surface area contributed by atoms with Crippen LogP contribution in [0.5, 0.6) is 0 Å². The summed E-state index contributed by atoms with van der Waals surface area (Å²) in [6.07, 6.45) is 2.11. The fraction of sp³-hybridized carbons (Fsp3) is 0.455. The summed E-state index contributed by atoms with van der Waals surface area (Å²) < 4.78 is 13.0. The van der Waals surface area contributed by atoms with E-state index < -0.39 is 0 Å². The zero-order valence-corrected chi connectivity index (χ0v) is 8.04. The van der Waals surface area contributed by atoms with Crippen molar-refractivity contribution in [3.05, 3.63) is 35.6 Å². The molecule has 1 aliphatic rings. The van der Waals surface area contributed by atoms with Gasteiger partial charge in [0.1, 0.15) is 5.82 Å². The summed E-state index contributed by atoms with van der Waals surface area (Å²) in [5.74, 6) is -0.231. The largest absolute Gasteiger partial charge is 0.330 e. The molecule has 1 aromatic rings. The molecule has 1 aliphatic carbocycles. The van der Waals surface area contributed by atoms with Crippen LogP contribution in [-0.4, -0.2) is 6.54 Å². The Morgan fingerprint density at radius 2 is 2.14 bits per heavy atom. The Hall–Kier alpha value is -0.930. The summed E-state index contributed by atoms with van der Waals surface area (Å²) in [7, 11) is 0. The average molecular weight is 194 g/mol. The van der Waals surface area contributed by atoms with Crippen LogP contribution in [-0.2, 0) is 0 Å². The molecule has 4 N–H and O–H groups in total. The molecule has 1 aromatic carbocycles. The average Bonchev–Trinajstić information content (AvgIpc) is 2.97. The van der Waals surface area contributed by atoms with Crippen molar-refractivity contribution in [1.29, 1.82) is 0 Å². The molecule has 1 fully saturated rings. The smallest absolute Gasteiger partial charge is 0.123 e. The van der Waals surface area contributed by atoms with E-state index in [1.54, 1.807) is 6.07 Å². The van der Waals surface area contributed by atoms with Crippen LogP contribution in [0, 0.1) is 11.2 Å². The molecule has 2 nitrogen and oxygen atoms in total. The second kappa shape index (κ2) is 3.33. The molecule has 0 amide bonds. The number of rotatable bonds is 3. The summed E-state index contributed by atoms with van der Waals surface area (Å²) in [4.78, 5) is 0. The van der Waals surface area contributed by atoms with E-state index in [1.807, 2.05) is 6.07 Å². The first-order valence-corrected chi connectivity index (χ1v) is 4.89. The SMILES string of the molecule is NCC1(C(N)c2cccc(F)c2)CC1. The van der Waals surface area contributed by atoms with E-state index in [2.05, 4.69) is 0 Å². The topological polar surface area (TPSA) is 52.0 Å². The zero-order chi connectivity index (χ0) is 10.2. The maximum atomic E-state index is 13.0. The predicted octanol–water partition coefficient (Wildman–Crippen LogP) is 1.56. The van der Waals surface area contributed by atoms with Gasteiger partial charge in [-0.05, 0) is 37.1 Å². The van der Waals surface area contributed by atoms with E-state index in [0.717, 1.165) is 18.4 Å². The Morgan fingerprint density at radius 1 is 1.43 bits per heavy atom. The Labute approximate surface area is 83.1 Å². The Kier molecular flexibility index (Phi) is 2.29. The number of hydrogen-bond donors (Lipinski definition) is 2. The molecule has 3 heteroatoms. The highest BCUT2D eigenvalue weighted by Gasteiger charge is 2.47. The van der Waals surface area contributed by atoms with Crippen LogP contribution in [0.3, 0.4) is 0 Å². The van der Waals surface area contributed by atoms with Gasteiger partial charge in [0.15, 0.2) is 0 Å². The van der Waals surface area contributed by atoms with Crippen molar-refractivity contribution < 1.29 is 4.39 Å². The third-order valence-corrected chi connectivity index (χ3v) is 3.17. The molecule has 0 heterocycles. The van der Waals surface area contributed by atoms with Gasteiger partial charge < -0.3 is 11.5 Å². The van der Waals surface area contributed by atoms with Crippen LogP contribution >= 0.6 is 0 Å². The van der Waals surface area contributed by atoms with Gasteiger partial charge in [-0.15, -0.1) is 0 Å². The number of benzene rings is 1. The van der Waals surface area contributed by atoms with Crippen LogP contribution < -0.4 is 11.5 Å². The molecule has 1 atom stereocenters. The summed E-state index contributed by atoms with van der Waals surface area (Å²) in [6.45, 7) is 0.588. The summed E-state index contributed by atoms with van der Waals surface area (Å²) in [6, 6.07) is 6.36. The standard InChI is InChI=1S/C11H15FN2/c12-9-3-1-2-8(6-9)10(14)11(7-13)4-5-11/h1-3,6,10H,4-5,7,13-14H2. The van der Waals surface area contributed by atoms with Crippen molar-refractivity contribution in [3.8, 4) is 0 Å². The quantitative estimate of drug-likeness (QED) is 0.767. The highest BCUT2D eigenvalue weighted by molar-refractivity contribution is 5.24. The first-order valence-electron chi connectivity index (χ1n) is 4.89. The normalized spacial score (nSPS) is 20.5. The maximum Gasteiger partial charge on any atom is 0.123 e. The lowest BCUT2D eigenvalue weighted by atomic mass is 9.91. The molecule has 1 saturated carbocycles. The molecular formula is C11H15FN2. The van der Waals surface area contributed by atoms with E-state index in [4.69, 9.17) is 11.5 Å². The van der Waals surface area contributed by atoms with Crippen LogP contribution in [0.4, 0.5) is 4.39 Å². The molecule has 2 rings (SSSR count). The minimum absolute atomic E-state index is 0.0355. The number of halogens is 1. The van der Waals surface area contributed by atoms with Crippen LogP contribution in [0.2, 0.25) is 0 Å². The van der Waals surface area contributed by atoms with Gasteiger partial charge in [0.2, 0.25) is 0 Å². The first-order chi connectivity index (χ1) is 6.68. The zero-order valence-electron chi connectivity index (χ0n) is 8.04. The lowest BCUT2D eigenvalue weighted by Crippen LogP contribution is -2.29. The number of nitrogens with two attached hydrogens (primary N) is 2. The monoisotopic (exact) mass is 194 g/mol. The van der Waals surface area contributed by atoms with Gasteiger partial charge >= 0.3 is 0 Å². The highest BCUT2D eigenvalue weighted by atomic mass is 19.1. The van der Waals surface area contributed by atoms with E-state index in [9.17, 15) is 4.39 Å². The minimum Gasteiger partial charge on any atom is -0.330 e. The molecule has 0 aliphatic heterocycles. The van der Waals surface area contributed by atoms with E-state index >= 15 is 0 Å². The fourth-order valence-electron chi connectivity index (χ4n) is 1.86. The molecular weight excluding hydrogens is 179 g/mol. The van der Waals surface area contributed by atoms with Crippen LogP contribution in [0.15, 0.2) is 24.3 Å². The Bertz CT molecular complexity index is 334. The van der Waals surface area contributed by atoms with Crippen molar-refractivity contribution in [2.24, 2.45) is 16.9 Å². The minimum atomic E-state index is -0.231. The lowest BCUT2D eigenvalue weighted by Gasteiger charge is -2.21. The third kappa shape index (κ3) is 1.53. The van der Waals surface area contributed by atoms with Crippen molar-refractivity contribution in [2.75, 3.05) is 6.54 Å². The lowest BCUT2D eigenvalue weighted by molar-refractivity contribution is 0.417. The first kappa shape index (κ1) is 9.62. The molecule has 0 saturated heterocycles. The summed E-state index contributed by atoms with van der Waals surface area (Å²) in [5.41, 5.74) is 12.6. The van der Waals surface area contributed by atoms with Crippen LogP contribution in [0.1, 0.15) is 24.4 Å². The maximum absolute atomic E-state index is 13.0. The Morgan fingerprint density at radius 3 is 2.64 bits per heavy atom. The highest BCUT2D eigenvalue weighted by Crippen LogP contribution is 2.52. The molecule has 1 unspecified atom stereocenters. The van der Waals surface area contributed by atoms with Crippen LogP contribution in [0.25, 0.3) is 0 Å². The third-order valence-electron chi connectivity index (χ3n) is 3.17. The fourth-order valence-corrected chi connectivity index (χ4v) is 1.86. The van der Waals surface area contributed by atoms with Gasteiger partial charge in [-0.2, -0.15) is 0 Å². The Balaban J connectivity index is 2.23. The van der Waals surface area contributed by atoms with Crippen molar-refractivity contribution in [1.82, 2.24) is 0 Å². The molecule has 14 heavy (non-hydrogen) atoms. The molecule has 76 valence electrons. The second-order valence-electron chi connectivity index (χ2n) is 4.10. The van der Waals surface area contributed by atoms with Gasteiger partial charge in [-0.25, -0.2) is 4.39 Å². The summed E-state index contributed by atoms with van der Waals surface area (Å²) in [5, 5.41) is 0.